The first-order valence-corrected chi connectivity index (χ1v) is 5.58. The molecule has 0 saturated carbocycles. The van der Waals surface area contributed by atoms with Crippen molar-refractivity contribution in [3.63, 3.8) is 0 Å². The number of hydrogen-bond donors (Lipinski definition) is 2. The Labute approximate surface area is 89.2 Å². The van der Waals surface area contributed by atoms with Gasteiger partial charge in [0.05, 0.1) is 0 Å². The van der Waals surface area contributed by atoms with E-state index in [1.165, 1.54) is 12.8 Å². The van der Waals surface area contributed by atoms with Gasteiger partial charge in [-0.2, -0.15) is 0 Å². The molecular weight excluding hydrogens is 194 g/mol. The average Bonchev–Trinajstić information content (AvgIpc) is 2.26. The first-order valence-electron chi connectivity index (χ1n) is 5.58. The van der Waals surface area contributed by atoms with Gasteiger partial charge in [0.2, 0.25) is 0 Å². The molecule has 84 valence electrons. The molecule has 2 rings (SSSR count). The second kappa shape index (κ2) is 4.61. The zero-order valence-corrected chi connectivity index (χ0v) is 8.79. The van der Waals surface area contributed by atoms with Crippen LogP contribution in [-0.2, 0) is 9.59 Å². The van der Waals surface area contributed by atoms with E-state index >= 15 is 0 Å². The molecule has 2 aliphatic rings. The predicted molar refractivity (Wildman–Crippen MR) is 55.2 cm³/mol. The Bertz CT molecular complexity index is 261. The molecule has 2 saturated heterocycles. The number of piperazine rings is 1. The summed E-state index contributed by atoms with van der Waals surface area (Å²) in [4.78, 5) is 24.3. The van der Waals surface area contributed by atoms with Gasteiger partial charge in [0.1, 0.15) is 0 Å². The molecule has 2 heterocycles. The number of carbonyl (C=O) groups is 2. The molecule has 0 aromatic rings. The summed E-state index contributed by atoms with van der Waals surface area (Å²) in [6.45, 7) is 2.92. The van der Waals surface area contributed by atoms with Gasteiger partial charge in [0.25, 0.3) is 0 Å². The molecule has 2 N–H and O–H groups in total. The van der Waals surface area contributed by atoms with Gasteiger partial charge < -0.3 is 15.5 Å². The molecule has 2 aliphatic heterocycles. The lowest BCUT2D eigenvalue weighted by atomic mass is 10.0. The third-order valence-electron chi connectivity index (χ3n) is 3.00. The second-order valence-corrected chi connectivity index (χ2v) is 4.15. The van der Waals surface area contributed by atoms with E-state index in [0.717, 1.165) is 13.0 Å². The maximum Gasteiger partial charge on any atom is 0.311 e. The molecule has 5 heteroatoms. The monoisotopic (exact) mass is 211 g/mol. The summed E-state index contributed by atoms with van der Waals surface area (Å²) in [5.41, 5.74) is 0. The summed E-state index contributed by atoms with van der Waals surface area (Å²) in [5.74, 6) is -0.842. The summed E-state index contributed by atoms with van der Waals surface area (Å²) < 4.78 is 0. The zero-order chi connectivity index (χ0) is 10.7. The smallest absolute Gasteiger partial charge is 0.311 e. The number of rotatable bonds is 2. The predicted octanol–water partition coefficient (Wildman–Crippen LogP) is -0.913. The van der Waals surface area contributed by atoms with E-state index in [2.05, 4.69) is 10.6 Å². The molecule has 15 heavy (non-hydrogen) atoms. The second-order valence-electron chi connectivity index (χ2n) is 4.15. The van der Waals surface area contributed by atoms with E-state index in [-0.39, 0.29) is 5.91 Å². The third kappa shape index (κ3) is 2.47. The van der Waals surface area contributed by atoms with E-state index in [4.69, 9.17) is 0 Å². The Balaban J connectivity index is 1.86. The Morgan fingerprint density at radius 1 is 1.27 bits per heavy atom. The van der Waals surface area contributed by atoms with Gasteiger partial charge in [0.15, 0.2) is 0 Å². The average molecular weight is 211 g/mol. The number of carbonyl (C=O) groups excluding carboxylic acids is 2. The van der Waals surface area contributed by atoms with Crippen molar-refractivity contribution in [2.45, 2.75) is 25.3 Å². The molecule has 2 fully saturated rings. The minimum absolute atomic E-state index is 0.369. The van der Waals surface area contributed by atoms with Crippen LogP contribution in [0.5, 0.6) is 0 Å². The quantitative estimate of drug-likeness (QED) is 0.581. The van der Waals surface area contributed by atoms with Crippen molar-refractivity contribution in [3.05, 3.63) is 0 Å². The van der Waals surface area contributed by atoms with Crippen LogP contribution in [0.25, 0.3) is 0 Å². The van der Waals surface area contributed by atoms with Crippen molar-refractivity contribution in [1.82, 2.24) is 15.5 Å². The Morgan fingerprint density at radius 3 is 2.87 bits per heavy atom. The molecule has 0 aliphatic carbocycles. The highest BCUT2D eigenvalue weighted by molar-refractivity contribution is 6.35. The SMILES string of the molecule is O=C1NCCN(CC2CCCCN2)C1=O. The standard InChI is InChI=1S/C10H17N3O2/c14-9-10(15)13(6-5-12-9)7-8-3-1-2-4-11-8/h8,11H,1-7H2,(H,12,14). The third-order valence-corrected chi connectivity index (χ3v) is 3.00. The van der Waals surface area contributed by atoms with E-state index in [1.807, 2.05) is 0 Å². The molecule has 1 unspecified atom stereocenters. The van der Waals surface area contributed by atoms with Crippen molar-refractivity contribution in [2.75, 3.05) is 26.2 Å². The van der Waals surface area contributed by atoms with E-state index < -0.39 is 5.91 Å². The molecule has 0 aromatic heterocycles. The van der Waals surface area contributed by atoms with Crippen LogP contribution in [0, 0.1) is 0 Å². The summed E-state index contributed by atoms with van der Waals surface area (Å²) in [5, 5.41) is 5.92. The molecule has 0 spiro atoms. The summed E-state index contributed by atoms with van der Waals surface area (Å²) >= 11 is 0. The minimum atomic E-state index is -0.461. The Morgan fingerprint density at radius 2 is 2.13 bits per heavy atom. The molecule has 0 bridgehead atoms. The normalized spacial score (nSPS) is 27.7. The summed E-state index contributed by atoms with van der Waals surface area (Å²) in [7, 11) is 0. The lowest BCUT2D eigenvalue weighted by Crippen LogP contribution is -2.55. The molecule has 0 radical (unpaired) electrons. The Kier molecular flexibility index (Phi) is 3.20. The maximum absolute atomic E-state index is 11.5. The fraction of sp³-hybridized carbons (Fsp3) is 0.800. The van der Waals surface area contributed by atoms with E-state index in [0.29, 0.717) is 25.7 Å². The molecule has 2 amide bonds. The van der Waals surface area contributed by atoms with Gasteiger partial charge in [-0.3, -0.25) is 9.59 Å². The van der Waals surface area contributed by atoms with Crippen LogP contribution in [0.2, 0.25) is 0 Å². The first-order chi connectivity index (χ1) is 7.27. The molecular formula is C10H17N3O2. The lowest BCUT2D eigenvalue weighted by molar-refractivity contribution is -0.148. The van der Waals surface area contributed by atoms with Crippen molar-refractivity contribution in [2.24, 2.45) is 0 Å². The minimum Gasteiger partial charge on any atom is -0.346 e. The largest absolute Gasteiger partial charge is 0.346 e. The molecule has 1 atom stereocenters. The number of nitrogens with zero attached hydrogens (tertiary/aromatic N) is 1. The fourth-order valence-corrected chi connectivity index (χ4v) is 2.15. The highest BCUT2D eigenvalue weighted by Crippen LogP contribution is 2.09. The molecule has 0 aromatic carbocycles. The highest BCUT2D eigenvalue weighted by atomic mass is 16.2. The van der Waals surface area contributed by atoms with Crippen LogP contribution in [0.4, 0.5) is 0 Å². The summed E-state index contributed by atoms with van der Waals surface area (Å²) in [6.07, 6.45) is 3.53. The van der Waals surface area contributed by atoms with Gasteiger partial charge in [-0.05, 0) is 19.4 Å². The van der Waals surface area contributed by atoms with Gasteiger partial charge in [0, 0.05) is 25.7 Å². The maximum atomic E-state index is 11.5. The van der Waals surface area contributed by atoms with Crippen molar-refractivity contribution in [1.29, 1.82) is 0 Å². The van der Waals surface area contributed by atoms with Crippen molar-refractivity contribution in [3.8, 4) is 0 Å². The van der Waals surface area contributed by atoms with E-state index in [9.17, 15) is 9.59 Å². The van der Waals surface area contributed by atoms with Crippen LogP contribution in [0.15, 0.2) is 0 Å². The van der Waals surface area contributed by atoms with Crippen LogP contribution < -0.4 is 10.6 Å². The van der Waals surface area contributed by atoms with Crippen LogP contribution in [-0.4, -0.2) is 48.9 Å². The number of amides is 2. The topological polar surface area (TPSA) is 61.4 Å². The van der Waals surface area contributed by atoms with E-state index in [1.54, 1.807) is 4.90 Å². The van der Waals surface area contributed by atoms with Gasteiger partial charge in [-0.25, -0.2) is 0 Å². The number of nitrogens with one attached hydrogen (secondary N) is 2. The lowest BCUT2D eigenvalue weighted by Gasteiger charge is -2.32. The van der Waals surface area contributed by atoms with Crippen LogP contribution in [0.3, 0.4) is 0 Å². The van der Waals surface area contributed by atoms with Crippen molar-refractivity contribution < 1.29 is 9.59 Å². The highest BCUT2D eigenvalue weighted by Gasteiger charge is 2.28. The van der Waals surface area contributed by atoms with Crippen LogP contribution >= 0.6 is 0 Å². The zero-order valence-electron chi connectivity index (χ0n) is 8.79. The molecule has 5 nitrogen and oxygen atoms in total. The fourth-order valence-electron chi connectivity index (χ4n) is 2.15. The van der Waals surface area contributed by atoms with Crippen LogP contribution in [0.1, 0.15) is 19.3 Å². The first kappa shape index (κ1) is 10.4. The van der Waals surface area contributed by atoms with Crippen molar-refractivity contribution >= 4 is 11.8 Å². The number of hydrogen-bond acceptors (Lipinski definition) is 3. The summed E-state index contributed by atoms with van der Waals surface area (Å²) in [6, 6.07) is 0.369. The number of piperidine rings is 1. The van der Waals surface area contributed by atoms with Gasteiger partial charge >= 0.3 is 11.8 Å². The van der Waals surface area contributed by atoms with Gasteiger partial charge in [-0.15, -0.1) is 0 Å². The van der Waals surface area contributed by atoms with Gasteiger partial charge in [-0.1, -0.05) is 6.42 Å². The Hall–Kier alpha value is -1.10.